The Bertz CT molecular complexity index is 467. The fraction of sp³-hybridized carbons (Fsp3) is 0.200. The van der Waals surface area contributed by atoms with Crippen LogP contribution >= 0.6 is 0 Å². The Morgan fingerprint density at radius 2 is 2.25 bits per heavy atom. The molecule has 0 aliphatic rings. The lowest BCUT2D eigenvalue weighted by Gasteiger charge is -2.09. The van der Waals surface area contributed by atoms with E-state index in [0.717, 1.165) is 12.1 Å². The van der Waals surface area contributed by atoms with E-state index in [1.54, 1.807) is 6.07 Å². The van der Waals surface area contributed by atoms with Crippen LogP contribution in [0.3, 0.4) is 0 Å². The number of rotatable bonds is 3. The monoisotopic (exact) mass is 225 g/mol. The van der Waals surface area contributed by atoms with Crippen LogP contribution in [-0.4, -0.2) is 23.3 Å². The Morgan fingerprint density at radius 3 is 2.69 bits per heavy atom. The van der Waals surface area contributed by atoms with Gasteiger partial charge in [0.15, 0.2) is 17.7 Å². The molecular formula is C10H8FNO4. The zero-order valence-corrected chi connectivity index (χ0v) is 8.27. The van der Waals surface area contributed by atoms with Crippen LogP contribution in [0, 0.1) is 17.1 Å². The molecule has 84 valence electrons. The molecule has 5 nitrogen and oxygen atoms in total. The molecule has 0 fully saturated rings. The maximum atomic E-state index is 13.3. The van der Waals surface area contributed by atoms with Crippen molar-refractivity contribution in [1.29, 1.82) is 5.26 Å². The number of methoxy groups -OCH3 is 1. The molecule has 6 heteroatoms. The molecule has 1 rings (SSSR count). The molecule has 0 aromatic heterocycles. The first kappa shape index (κ1) is 11.9. The molecule has 0 aliphatic heterocycles. The number of hydrogen-bond acceptors (Lipinski definition) is 4. The maximum Gasteiger partial charge on any atom is 0.337 e. The van der Waals surface area contributed by atoms with Gasteiger partial charge in [0.1, 0.15) is 6.07 Å². The van der Waals surface area contributed by atoms with E-state index >= 15 is 0 Å². The molecular weight excluding hydrogens is 217 g/mol. The predicted octanol–water partition coefficient (Wildman–Crippen LogP) is 0.824. The van der Waals surface area contributed by atoms with Crippen LogP contribution in [0.2, 0.25) is 0 Å². The third-order valence-corrected chi connectivity index (χ3v) is 1.95. The van der Waals surface area contributed by atoms with E-state index in [-0.39, 0.29) is 16.9 Å². The fourth-order valence-electron chi connectivity index (χ4n) is 1.15. The second-order valence-electron chi connectivity index (χ2n) is 2.94. The van der Waals surface area contributed by atoms with Crippen molar-refractivity contribution in [3.05, 3.63) is 29.1 Å². The van der Waals surface area contributed by atoms with Crippen LogP contribution in [0.1, 0.15) is 17.2 Å². The molecule has 0 spiro atoms. The third-order valence-electron chi connectivity index (χ3n) is 1.95. The van der Waals surface area contributed by atoms with Crippen LogP contribution in [0.5, 0.6) is 5.75 Å². The Morgan fingerprint density at radius 1 is 1.62 bits per heavy atom. The van der Waals surface area contributed by atoms with Crippen molar-refractivity contribution in [2.75, 3.05) is 7.11 Å². The van der Waals surface area contributed by atoms with Crippen molar-refractivity contribution < 1.29 is 24.1 Å². The number of aliphatic hydroxyl groups is 1. The number of carboxylic acids is 1. The van der Waals surface area contributed by atoms with Crippen molar-refractivity contribution in [3.63, 3.8) is 0 Å². The first-order valence-corrected chi connectivity index (χ1v) is 4.19. The Hall–Kier alpha value is -2.13. The van der Waals surface area contributed by atoms with Gasteiger partial charge in [-0.15, -0.1) is 0 Å². The summed E-state index contributed by atoms with van der Waals surface area (Å²) in [6.07, 6.45) is -1.82. The zero-order chi connectivity index (χ0) is 12.3. The van der Waals surface area contributed by atoms with E-state index in [0.29, 0.717) is 0 Å². The zero-order valence-electron chi connectivity index (χ0n) is 8.27. The molecule has 0 saturated carbocycles. The van der Waals surface area contributed by atoms with Gasteiger partial charge in [0.25, 0.3) is 0 Å². The lowest BCUT2D eigenvalue weighted by atomic mass is 10.1. The first-order chi connectivity index (χ1) is 7.51. The van der Waals surface area contributed by atoms with Crippen LogP contribution < -0.4 is 4.74 Å². The summed E-state index contributed by atoms with van der Waals surface area (Å²) in [5, 5.41) is 26.4. The average molecular weight is 225 g/mol. The number of aliphatic carboxylic acids is 1. The molecule has 2 N–H and O–H groups in total. The van der Waals surface area contributed by atoms with Gasteiger partial charge < -0.3 is 14.9 Å². The number of carboxylic acid groups (broad SMARTS) is 1. The lowest BCUT2D eigenvalue weighted by molar-refractivity contribution is -0.146. The highest BCUT2D eigenvalue weighted by molar-refractivity contribution is 5.74. The van der Waals surface area contributed by atoms with Gasteiger partial charge in [0.2, 0.25) is 0 Å². The molecule has 0 heterocycles. The van der Waals surface area contributed by atoms with Crippen molar-refractivity contribution in [2.45, 2.75) is 6.10 Å². The molecule has 0 aliphatic carbocycles. The number of carbonyl (C=O) groups is 1. The highest BCUT2D eigenvalue weighted by Gasteiger charge is 2.20. The summed E-state index contributed by atoms with van der Waals surface area (Å²) >= 11 is 0. The van der Waals surface area contributed by atoms with Gasteiger partial charge in [0.05, 0.1) is 12.7 Å². The molecule has 16 heavy (non-hydrogen) atoms. The van der Waals surface area contributed by atoms with Gasteiger partial charge >= 0.3 is 5.97 Å². The quantitative estimate of drug-likeness (QED) is 0.794. The lowest BCUT2D eigenvalue weighted by Crippen LogP contribution is -2.11. The van der Waals surface area contributed by atoms with Crippen LogP contribution in [0.4, 0.5) is 4.39 Å². The molecule has 0 bridgehead atoms. The number of halogens is 1. The number of nitrogens with zero attached hydrogens (tertiary/aromatic N) is 1. The van der Waals surface area contributed by atoms with Gasteiger partial charge in [0, 0.05) is 0 Å². The van der Waals surface area contributed by atoms with Gasteiger partial charge in [-0.25, -0.2) is 9.18 Å². The Balaban J connectivity index is 3.34. The molecule has 0 saturated heterocycles. The van der Waals surface area contributed by atoms with E-state index < -0.39 is 17.9 Å². The number of ether oxygens (including phenoxy) is 1. The standard InChI is InChI=1S/C10H8FNO4/c1-16-7-3-5(9(13)10(14)15)2-6(4-12)8(7)11/h2-3,9,13H,1H3,(H,14,15). The predicted molar refractivity (Wildman–Crippen MR) is 50.3 cm³/mol. The number of hydrogen-bond donors (Lipinski definition) is 2. The largest absolute Gasteiger partial charge is 0.494 e. The number of nitriles is 1. The normalized spacial score (nSPS) is 11.6. The summed E-state index contributed by atoms with van der Waals surface area (Å²) in [4.78, 5) is 10.5. The van der Waals surface area contributed by atoms with Crippen molar-refractivity contribution in [3.8, 4) is 11.8 Å². The van der Waals surface area contributed by atoms with E-state index in [2.05, 4.69) is 4.74 Å². The van der Waals surface area contributed by atoms with Gasteiger partial charge in [-0.05, 0) is 17.7 Å². The van der Waals surface area contributed by atoms with E-state index in [4.69, 9.17) is 10.4 Å². The summed E-state index contributed by atoms with van der Waals surface area (Å²) in [6.45, 7) is 0. The fourth-order valence-corrected chi connectivity index (χ4v) is 1.15. The second kappa shape index (κ2) is 4.59. The SMILES string of the molecule is COc1cc(C(O)C(=O)O)cc(C#N)c1F. The van der Waals surface area contributed by atoms with Gasteiger partial charge in [-0.1, -0.05) is 0 Å². The highest BCUT2D eigenvalue weighted by Crippen LogP contribution is 2.26. The van der Waals surface area contributed by atoms with E-state index in [1.165, 1.54) is 7.11 Å². The molecule has 1 aromatic carbocycles. The van der Waals surface area contributed by atoms with Crippen LogP contribution in [0.15, 0.2) is 12.1 Å². The highest BCUT2D eigenvalue weighted by atomic mass is 19.1. The summed E-state index contributed by atoms with van der Waals surface area (Å²) < 4.78 is 18.0. The maximum absolute atomic E-state index is 13.3. The Kier molecular flexibility index (Phi) is 3.43. The van der Waals surface area contributed by atoms with Crippen molar-refractivity contribution >= 4 is 5.97 Å². The van der Waals surface area contributed by atoms with Crippen LogP contribution in [0.25, 0.3) is 0 Å². The van der Waals surface area contributed by atoms with Crippen molar-refractivity contribution in [1.82, 2.24) is 0 Å². The summed E-state index contributed by atoms with van der Waals surface area (Å²) in [6, 6.07) is 3.55. The smallest absolute Gasteiger partial charge is 0.337 e. The summed E-state index contributed by atoms with van der Waals surface area (Å²) in [5.74, 6) is -2.65. The van der Waals surface area contributed by atoms with Gasteiger partial charge in [-0.2, -0.15) is 5.26 Å². The molecule has 1 aromatic rings. The number of aliphatic hydroxyl groups excluding tert-OH is 1. The average Bonchev–Trinajstić information content (AvgIpc) is 2.28. The second-order valence-corrected chi connectivity index (χ2v) is 2.94. The summed E-state index contributed by atoms with van der Waals surface area (Å²) in [5.41, 5.74) is -0.489. The van der Waals surface area contributed by atoms with E-state index in [9.17, 15) is 14.3 Å². The molecule has 0 radical (unpaired) electrons. The molecule has 1 unspecified atom stereocenters. The topological polar surface area (TPSA) is 90.6 Å². The number of benzene rings is 1. The molecule has 0 amide bonds. The summed E-state index contributed by atoms with van der Waals surface area (Å²) in [7, 11) is 1.18. The minimum atomic E-state index is -1.82. The van der Waals surface area contributed by atoms with E-state index in [1.807, 2.05) is 0 Å². The minimum absolute atomic E-state index is 0.109. The van der Waals surface area contributed by atoms with Crippen molar-refractivity contribution in [2.24, 2.45) is 0 Å². The first-order valence-electron chi connectivity index (χ1n) is 4.19. The third kappa shape index (κ3) is 2.10. The Labute approximate surface area is 90.3 Å². The minimum Gasteiger partial charge on any atom is -0.494 e. The van der Waals surface area contributed by atoms with Gasteiger partial charge in [-0.3, -0.25) is 0 Å². The van der Waals surface area contributed by atoms with Crippen LogP contribution in [-0.2, 0) is 4.79 Å². The molecule has 1 atom stereocenters.